The molecule has 19 heavy (non-hydrogen) atoms. The summed E-state index contributed by atoms with van der Waals surface area (Å²) in [6.45, 7) is 4.91. The fraction of sp³-hybridized carbons (Fsp3) is 0.583. The van der Waals surface area contributed by atoms with Crippen LogP contribution in [0.2, 0.25) is 0 Å². The molecule has 0 bridgehead atoms. The first kappa shape index (κ1) is 14.0. The Morgan fingerprint density at radius 2 is 2.21 bits per heavy atom. The summed E-state index contributed by atoms with van der Waals surface area (Å²) in [7, 11) is 1.75. The normalized spacial score (nSPS) is 18.8. The molecule has 1 aromatic heterocycles. The molecule has 2 amide bonds. The molecule has 0 saturated carbocycles. The Hall–Kier alpha value is -1.47. The van der Waals surface area contributed by atoms with Gasteiger partial charge in [0, 0.05) is 32.1 Å². The third-order valence-corrected chi connectivity index (χ3v) is 4.27. The molecule has 0 radical (unpaired) electrons. The van der Waals surface area contributed by atoms with E-state index in [-0.39, 0.29) is 11.8 Å². The molecule has 1 saturated heterocycles. The average molecular weight is 282 g/mol. The number of hydrogen-bond donors (Lipinski definition) is 1. The van der Waals surface area contributed by atoms with Crippen molar-refractivity contribution in [2.75, 3.05) is 20.1 Å². The molecule has 6 nitrogen and oxygen atoms in total. The van der Waals surface area contributed by atoms with Crippen LogP contribution in [0.1, 0.15) is 29.3 Å². The molecule has 1 aliphatic rings. The molecule has 1 fully saturated rings. The van der Waals surface area contributed by atoms with Gasteiger partial charge in [0.1, 0.15) is 16.2 Å². The van der Waals surface area contributed by atoms with Crippen molar-refractivity contribution in [1.29, 1.82) is 0 Å². The standard InChI is InChI=1S/C12H18N4O2S/c1-12(2)11(18)15(3)4-5-16(12)10(17)8-7-19-9(6-13)14-8/h7H,4-6,13H2,1-3H3. The molecule has 0 atom stereocenters. The average Bonchev–Trinajstić information content (AvgIpc) is 2.84. The van der Waals surface area contributed by atoms with Gasteiger partial charge in [-0.3, -0.25) is 9.59 Å². The first-order valence-electron chi connectivity index (χ1n) is 6.10. The van der Waals surface area contributed by atoms with Crippen molar-refractivity contribution in [1.82, 2.24) is 14.8 Å². The van der Waals surface area contributed by atoms with Gasteiger partial charge in [0.25, 0.3) is 5.91 Å². The second-order valence-electron chi connectivity index (χ2n) is 5.07. The molecular weight excluding hydrogens is 264 g/mol. The smallest absolute Gasteiger partial charge is 0.274 e. The van der Waals surface area contributed by atoms with Crippen LogP contribution in [0, 0.1) is 0 Å². The molecule has 2 heterocycles. The number of carbonyl (C=O) groups is 2. The van der Waals surface area contributed by atoms with E-state index in [4.69, 9.17) is 5.73 Å². The zero-order valence-electron chi connectivity index (χ0n) is 11.3. The van der Waals surface area contributed by atoms with Crippen molar-refractivity contribution in [3.8, 4) is 0 Å². The number of carbonyl (C=O) groups excluding carboxylic acids is 2. The Labute approximate surface area is 116 Å². The van der Waals surface area contributed by atoms with Gasteiger partial charge in [-0.25, -0.2) is 4.98 Å². The summed E-state index contributed by atoms with van der Waals surface area (Å²) >= 11 is 1.36. The van der Waals surface area contributed by atoms with Gasteiger partial charge in [-0.2, -0.15) is 0 Å². The van der Waals surface area contributed by atoms with E-state index in [0.717, 1.165) is 5.01 Å². The summed E-state index contributed by atoms with van der Waals surface area (Å²) in [5.74, 6) is -0.260. The van der Waals surface area contributed by atoms with E-state index in [1.807, 2.05) is 0 Å². The van der Waals surface area contributed by atoms with Crippen molar-refractivity contribution in [2.24, 2.45) is 5.73 Å². The zero-order valence-corrected chi connectivity index (χ0v) is 12.2. The number of nitrogens with two attached hydrogens (primary N) is 1. The van der Waals surface area contributed by atoms with E-state index in [1.54, 1.807) is 36.1 Å². The predicted molar refractivity (Wildman–Crippen MR) is 72.8 cm³/mol. The summed E-state index contributed by atoms with van der Waals surface area (Å²) in [6.07, 6.45) is 0. The molecule has 0 aliphatic carbocycles. The van der Waals surface area contributed by atoms with Gasteiger partial charge in [-0.15, -0.1) is 11.3 Å². The molecule has 0 aromatic carbocycles. The van der Waals surface area contributed by atoms with Crippen molar-refractivity contribution in [3.05, 3.63) is 16.1 Å². The highest BCUT2D eigenvalue weighted by Crippen LogP contribution is 2.24. The Morgan fingerprint density at radius 3 is 2.79 bits per heavy atom. The summed E-state index contributed by atoms with van der Waals surface area (Å²) in [6, 6.07) is 0. The lowest BCUT2D eigenvalue weighted by atomic mass is 9.97. The minimum absolute atomic E-state index is 0.0543. The molecule has 2 N–H and O–H groups in total. The van der Waals surface area contributed by atoms with Gasteiger partial charge >= 0.3 is 0 Å². The number of amides is 2. The van der Waals surface area contributed by atoms with Crippen molar-refractivity contribution in [2.45, 2.75) is 25.9 Å². The third-order valence-electron chi connectivity index (χ3n) is 3.39. The maximum Gasteiger partial charge on any atom is 0.274 e. The van der Waals surface area contributed by atoms with Crippen LogP contribution in [0.3, 0.4) is 0 Å². The van der Waals surface area contributed by atoms with E-state index < -0.39 is 5.54 Å². The van der Waals surface area contributed by atoms with Crippen LogP contribution >= 0.6 is 11.3 Å². The molecular formula is C12H18N4O2S. The molecule has 0 spiro atoms. The topological polar surface area (TPSA) is 79.5 Å². The van der Waals surface area contributed by atoms with E-state index in [1.165, 1.54) is 11.3 Å². The monoisotopic (exact) mass is 282 g/mol. The first-order valence-corrected chi connectivity index (χ1v) is 6.98. The highest BCUT2D eigenvalue weighted by Gasteiger charge is 2.43. The van der Waals surface area contributed by atoms with Gasteiger partial charge in [0.15, 0.2) is 0 Å². The van der Waals surface area contributed by atoms with Crippen LogP contribution in [0.15, 0.2) is 5.38 Å². The van der Waals surface area contributed by atoms with E-state index in [2.05, 4.69) is 4.98 Å². The SMILES string of the molecule is CN1CCN(C(=O)c2csc(CN)n2)C(C)(C)C1=O. The molecule has 7 heteroatoms. The molecule has 0 unspecified atom stereocenters. The number of piperazine rings is 1. The van der Waals surface area contributed by atoms with Gasteiger partial charge in [-0.05, 0) is 13.8 Å². The van der Waals surface area contributed by atoms with Gasteiger partial charge in [-0.1, -0.05) is 0 Å². The minimum atomic E-state index is -0.837. The maximum atomic E-state index is 12.5. The van der Waals surface area contributed by atoms with Gasteiger partial charge in [0.2, 0.25) is 5.91 Å². The Morgan fingerprint density at radius 1 is 1.53 bits per heavy atom. The fourth-order valence-corrected chi connectivity index (χ4v) is 2.86. The number of thiazole rings is 1. The quantitative estimate of drug-likeness (QED) is 0.846. The molecule has 104 valence electrons. The largest absolute Gasteiger partial charge is 0.342 e. The lowest BCUT2D eigenvalue weighted by Gasteiger charge is -2.44. The Balaban J connectivity index is 2.25. The van der Waals surface area contributed by atoms with Gasteiger partial charge in [0.05, 0.1) is 0 Å². The first-order chi connectivity index (χ1) is 8.87. The molecule has 2 rings (SSSR count). The van der Waals surface area contributed by atoms with E-state index in [9.17, 15) is 9.59 Å². The minimum Gasteiger partial charge on any atom is -0.342 e. The summed E-state index contributed by atoms with van der Waals surface area (Å²) < 4.78 is 0. The number of nitrogens with zero attached hydrogens (tertiary/aromatic N) is 3. The lowest BCUT2D eigenvalue weighted by Crippen LogP contribution is -2.63. The van der Waals surface area contributed by atoms with E-state index >= 15 is 0 Å². The second kappa shape index (κ2) is 4.90. The summed E-state index contributed by atoms with van der Waals surface area (Å²) in [5.41, 5.74) is 5.03. The van der Waals surface area contributed by atoms with Crippen LogP contribution in [0.5, 0.6) is 0 Å². The third kappa shape index (κ3) is 2.35. The van der Waals surface area contributed by atoms with Gasteiger partial charge < -0.3 is 15.5 Å². The van der Waals surface area contributed by atoms with Crippen LogP contribution < -0.4 is 5.73 Å². The highest BCUT2D eigenvalue weighted by atomic mass is 32.1. The Kier molecular flexibility index (Phi) is 3.60. The van der Waals surface area contributed by atoms with Crippen molar-refractivity contribution >= 4 is 23.2 Å². The summed E-state index contributed by atoms with van der Waals surface area (Å²) in [4.78, 5) is 32.0. The fourth-order valence-electron chi connectivity index (χ4n) is 2.21. The van der Waals surface area contributed by atoms with Crippen LogP contribution in [0.25, 0.3) is 0 Å². The van der Waals surface area contributed by atoms with Crippen molar-refractivity contribution in [3.63, 3.8) is 0 Å². The maximum absolute atomic E-state index is 12.5. The predicted octanol–water partition coefficient (Wildman–Crippen LogP) is 0.295. The van der Waals surface area contributed by atoms with Crippen LogP contribution in [-0.2, 0) is 11.3 Å². The lowest BCUT2D eigenvalue weighted by molar-refractivity contribution is -0.144. The Bertz CT molecular complexity index is 512. The number of hydrogen-bond acceptors (Lipinski definition) is 5. The second-order valence-corrected chi connectivity index (χ2v) is 6.02. The number of likely N-dealkylation sites (N-methyl/N-ethyl adjacent to an activating group) is 1. The highest BCUT2D eigenvalue weighted by molar-refractivity contribution is 7.09. The van der Waals surface area contributed by atoms with Crippen molar-refractivity contribution < 1.29 is 9.59 Å². The molecule has 1 aliphatic heterocycles. The summed E-state index contributed by atoms with van der Waals surface area (Å²) in [5, 5.41) is 2.42. The van der Waals surface area contributed by atoms with Crippen LogP contribution in [0.4, 0.5) is 0 Å². The zero-order chi connectivity index (χ0) is 14.2. The van der Waals surface area contributed by atoms with Crippen LogP contribution in [-0.4, -0.2) is 52.3 Å². The number of aromatic nitrogens is 1. The molecule has 1 aromatic rings. The van der Waals surface area contributed by atoms with E-state index in [0.29, 0.717) is 25.3 Å². The number of rotatable bonds is 2.